The fourth-order valence-electron chi connectivity index (χ4n) is 2.37. The molecule has 0 rings (SSSR count). The van der Waals surface area contributed by atoms with Crippen molar-refractivity contribution in [3.63, 3.8) is 0 Å². The van der Waals surface area contributed by atoms with Gasteiger partial charge in [0.05, 0.1) is 72.5 Å². The quantitative estimate of drug-likeness (QED) is 0.129. The highest BCUT2D eigenvalue weighted by Crippen LogP contribution is 2.16. The van der Waals surface area contributed by atoms with E-state index in [0.29, 0.717) is 52.6 Å². The standard InChI is InChI=1S/C19H36N2O8/c1-2-7-26-9-11-28-13-14-29-12-10-27-8-4-18(25)21(6-3-5-20)19(15-22,16-23)17-24/h1,22-24H,3-17,20H2. The highest BCUT2D eigenvalue weighted by atomic mass is 16.6. The molecule has 10 heteroatoms. The second kappa shape index (κ2) is 18.7. The zero-order chi connectivity index (χ0) is 21.8. The van der Waals surface area contributed by atoms with Gasteiger partial charge in [-0.1, -0.05) is 5.92 Å². The molecule has 0 radical (unpaired) electrons. The number of rotatable bonds is 20. The molecule has 0 aliphatic heterocycles. The third-order valence-corrected chi connectivity index (χ3v) is 4.10. The minimum Gasteiger partial charge on any atom is -0.394 e. The third-order valence-electron chi connectivity index (χ3n) is 4.10. The van der Waals surface area contributed by atoms with Gasteiger partial charge < -0.3 is 44.9 Å². The fourth-order valence-corrected chi connectivity index (χ4v) is 2.37. The summed E-state index contributed by atoms with van der Waals surface area (Å²) in [6.45, 7) is 1.74. The molecule has 0 saturated carbocycles. The molecule has 0 bridgehead atoms. The van der Waals surface area contributed by atoms with Crippen molar-refractivity contribution >= 4 is 5.91 Å². The highest BCUT2D eigenvalue weighted by molar-refractivity contribution is 5.77. The highest BCUT2D eigenvalue weighted by Gasteiger charge is 2.37. The van der Waals surface area contributed by atoms with E-state index in [2.05, 4.69) is 5.92 Å². The Kier molecular flexibility index (Phi) is 17.9. The van der Waals surface area contributed by atoms with Gasteiger partial charge >= 0.3 is 0 Å². The molecule has 0 aromatic heterocycles. The van der Waals surface area contributed by atoms with Crippen LogP contribution in [-0.4, -0.2) is 117 Å². The molecule has 5 N–H and O–H groups in total. The lowest BCUT2D eigenvalue weighted by molar-refractivity contribution is -0.147. The van der Waals surface area contributed by atoms with Crippen molar-refractivity contribution in [3.05, 3.63) is 0 Å². The van der Waals surface area contributed by atoms with E-state index in [9.17, 15) is 20.1 Å². The number of ether oxygens (including phenoxy) is 4. The monoisotopic (exact) mass is 420 g/mol. The summed E-state index contributed by atoms with van der Waals surface area (Å²) in [6.07, 6.45) is 5.58. The molecular weight excluding hydrogens is 384 g/mol. The van der Waals surface area contributed by atoms with Crippen LogP contribution < -0.4 is 5.73 Å². The maximum absolute atomic E-state index is 12.5. The summed E-state index contributed by atoms with van der Waals surface area (Å²) in [5, 5.41) is 28.7. The number of carbonyl (C=O) groups is 1. The molecule has 0 aliphatic carbocycles. The summed E-state index contributed by atoms with van der Waals surface area (Å²) in [6, 6.07) is 0. The second-order valence-corrected chi connectivity index (χ2v) is 6.23. The van der Waals surface area contributed by atoms with Gasteiger partial charge in [-0.2, -0.15) is 0 Å². The number of nitrogens with zero attached hydrogens (tertiary/aromatic N) is 1. The van der Waals surface area contributed by atoms with E-state index < -0.39 is 25.4 Å². The molecule has 0 fully saturated rings. The zero-order valence-corrected chi connectivity index (χ0v) is 17.1. The van der Waals surface area contributed by atoms with Gasteiger partial charge in [0.2, 0.25) is 5.91 Å². The van der Waals surface area contributed by atoms with Crippen molar-refractivity contribution in [2.75, 3.05) is 85.8 Å². The Balaban J connectivity index is 3.95. The largest absolute Gasteiger partial charge is 0.394 e. The summed E-state index contributed by atoms with van der Waals surface area (Å²) in [5.41, 5.74) is 4.07. The predicted molar refractivity (Wildman–Crippen MR) is 106 cm³/mol. The Morgan fingerprint density at radius 1 is 0.897 bits per heavy atom. The zero-order valence-electron chi connectivity index (χ0n) is 17.1. The third kappa shape index (κ3) is 12.1. The van der Waals surface area contributed by atoms with Crippen molar-refractivity contribution in [2.45, 2.75) is 18.4 Å². The molecule has 0 aliphatic rings. The van der Waals surface area contributed by atoms with E-state index in [1.807, 2.05) is 0 Å². The Bertz CT molecular complexity index is 432. The molecule has 10 nitrogen and oxygen atoms in total. The van der Waals surface area contributed by atoms with Gasteiger partial charge in [-0.25, -0.2) is 0 Å². The van der Waals surface area contributed by atoms with Crippen LogP contribution in [0.2, 0.25) is 0 Å². The maximum atomic E-state index is 12.5. The second-order valence-electron chi connectivity index (χ2n) is 6.23. The minimum atomic E-state index is -1.42. The SMILES string of the molecule is C#CCOCCOCCOCCOCCC(=O)N(CCCN)C(CO)(CO)CO. The van der Waals surface area contributed by atoms with Gasteiger partial charge in [0.1, 0.15) is 12.1 Å². The lowest BCUT2D eigenvalue weighted by Gasteiger charge is -2.40. The lowest BCUT2D eigenvalue weighted by atomic mass is 9.99. The van der Waals surface area contributed by atoms with Crippen LogP contribution in [0.4, 0.5) is 0 Å². The first-order chi connectivity index (χ1) is 14.1. The Morgan fingerprint density at radius 3 is 1.83 bits per heavy atom. The van der Waals surface area contributed by atoms with Crippen LogP contribution in [0.1, 0.15) is 12.8 Å². The predicted octanol–water partition coefficient (Wildman–Crippen LogP) is -2.03. The van der Waals surface area contributed by atoms with Gasteiger partial charge in [-0.3, -0.25) is 4.79 Å². The van der Waals surface area contributed by atoms with Gasteiger partial charge in [-0.15, -0.1) is 6.42 Å². The molecule has 0 atom stereocenters. The molecule has 0 unspecified atom stereocenters. The smallest absolute Gasteiger partial charge is 0.225 e. The first-order valence-corrected chi connectivity index (χ1v) is 9.69. The van der Waals surface area contributed by atoms with E-state index in [-0.39, 0.29) is 32.1 Å². The van der Waals surface area contributed by atoms with Crippen LogP contribution in [0.3, 0.4) is 0 Å². The van der Waals surface area contributed by atoms with Crippen LogP contribution in [-0.2, 0) is 23.7 Å². The van der Waals surface area contributed by atoms with Gasteiger partial charge in [0.15, 0.2) is 0 Å². The maximum Gasteiger partial charge on any atom is 0.225 e. The van der Waals surface area contributed by atoms with Crippen molar-refractivity contribution in [1.29, 1.82) is 0 Å². The van der Waals surface area contributed by atoms with Crippen molar-refractivity contribution in [1.82, 2.24) is 4.90 Å². The van der Waals surface area contributed by atoms with Gasteiger partial charge in [0.25, 0.3) is 0 Å². The van der Waals surface area contributed by atoms with E-state index in [1.54, 1.807) is 0 Å². The van der Waals surface area contributed by atoms with Crippen molar-refractivity contribution < 1.29 is 39.1 Å². The number of hydrogen-bond acceptors (Lipinski definition) is 9. The van der Waals surface area contributed by atoms with Crippen LogP contribution in [0.15, 0.2) is 0 Å². The number of carbonyl (C=O) groups excluding carboxylic acids is 1. The normalized spacial score (nSPS) is 11.4. The molecule has 29 heavy (non-hydrogen) atoms. The summed E-state index contributed by atoms with van der Waals surface area (Å²) in [7, 11) is 0. The number of aliphatic hydroxyl groups is 3. The van der Waals surface area contributed by atoms with Crippen LogP contribution >= 0.6 is 0 Å². The molecule has 0 aromatic rings. The van der Waals surface area contributed by atoms with Gasteiger partial charge in [0, 0.05) is 6.54 Å². The Hall–Kier alpha value is -1.29. The van der Waals surface area contributed by atoms with Crippen molar-refractivity contribution in [2.24, 2.45) is 5.73 Å². The van der Waals surface area contributed by atoms with Crippen LogP contribution in [0, 0.1) is 12.3 Å². The average Bonchev–Trinajstić information content (AvgIpc) is 2.74. The lowest BCUT2D eigenvalue weighted by Crippen LogP contribution is -2.60. The number of terminal acetylenes is 1. The van der Waals surface area contributed by atoms with E-state index in [0.717, 1.165) is 0 Å². The van der Waals surface area contributed by atoms with Crippen molar-refractivity contribution in [3.8, 4) is 12.3 Å². The summed E-state index contributed by atoms with van der Waals surface area (Å²) >= 11 is 0. The first kappa shape index (κ1) is 27.7. The number of amides is 1. The molecule has 0 aromatic carbocycles. The molecular formula is C19H36N2O8. The van der Waals surface area contributed by atoms with E-state index in [4.69, 9.17) is 31.1 Å². The summed E-state index contributed by atoms with van der Waals surface area (Å²) < 4.78 is 21.1. The fraction of sp³-hybridized carbons (Fsp3) is 0.842. The molecule has 1 amide bonds. The Morgan fingerprint density at radius 2 is 1.38 bits per heavy atom. The average molecular weight is 421 g/mol. The first-order valence-electron chi connectivity index (χ1n) is 9.69. The molecule has 0 saturated heterocycles. The number of nitrogens with two attached hydrogens (primary N) is 1. The molecule has 0 spiro atoms. The number of hydrogen-bond donors (Lipinski definition) is 4. The summed E-state index contributed by atoms with van der Waals surface area (Å²) in [5.74, 6) is 2.03. The minimum absolute atomic E-state index is 0.0487. The van der Waals surface area contributed by atoms with E-state index >= 15 is 0 Å². The Labute approximate surface area is 172 Å². The van der Waals surface area contributed by atoms with Crippen LogP contribution in [0.5, 0.6) is 0 Å². The molecule has 0 heterocycles. The van der Waals surface area contributed by atoms with E-state index in [1.165, 1.54) is 4.90 Å². The topological polar surface area (TPSA) is 144 Å². The van der Waals surface area contributed by atoms with Gasteiger partial charge in [-0.05, 0) is 13.0 Å². The summed E-state index contributed by atoms with van der Waals surface area (Å²) in [4.78, 5) is 13.8. The molecule has 170 valence electrons. The van der Waals surface area contributed by atoms with Crippen LogP contribution in [0.25, 0.3) is 0 Å². The number of aliphatic hydroxyl groups excluding tert-OH is 3.